The van der Waals surface area contributed by atoms with E-state index in [-0.39, 0.29) is 24.3 Å². The quantitative estimate of drug-likeness (QED) is 0.563. The van der Waals surface area contributed by atoms with Crippen molar-refractivity contribution in [2.45, 2.75) is 13.5 Å². The van der Waals surface area contributed by atoms with Gasteiger partial charge in [-0.15, -0.1) is 5.48 Å². The number of thioether (sulfide) groups is 1. The number of hydrogen-bond donors (Lipinski definition) is 2. The summed E-state index contributed by atoms with van der Waals surface area (Å²) < 4.78 is 12.7. The maximum Gasteiger partial charge on any atom is 0.328 e. The summed E-state index contributed by atoms with van der Waals surface area (Å²) in [5, 5.41) is 8.63. The molecule has 1 rings (SSSR count). The summed E-state index contributed by atoms with van der Waals surface area (Å²) in [4.78, 5) is 16.5. The molecule has 1 aromatic rings. The van der Waals surface area contributed by atoms with Gasteiger partial charge in [0, 0.05) is 11.5 Å². The molecule has 0 radical (unpaired) electrons. The lowest BCUT2D eigenvalue weighted by Crippen LogP contribution is -2.25. The number of aliphatic hydroxyl groups excluding tert-OH is 1. The fraction of sp³-hybridized carbons (Fsp3) is 0.462. The van der Waals surface area contributed by atoms with Crippen LogP contribution in [0.25, 0.3) is 0 Å². The molecule has 0 fully saturated rings. The molecule has 1 unspecified atom stereocenters. The third-order valence-electron chi connectivity index (χ3n) is 2.37. The molecule has 0 saturated heterocycles. The lowest BCUT2D eigenvalue weighted by Gasteiger charge is -2.11. The molecule has 0 heterocycles. The molecule has 0 amide bonds. The van der Waals surface area contributed by atoms with Crippen LogP contribution >= 0.6 is 11.8 Å². The van der Waals surface area contributed by atoms with Gasteiger partial charge in [-0.2, -0.15) is 11.8 Å². The highest BCUT2D eigenvalue weighted by atomic mass is 32.2. The van der Waals surface area contributed by atoms with E-state index in [1.165, 1.54) is 23.9 Å². The van der Waals surface area contributed by atoms with Crippen molar-refractivity contribution in [1.82, 2.24) is 5.48 Å². The van der Waals surface area contributed by atoms with Gasteiger partial charge in [-0.05, 0) is 17.7 Å². The first-order valence-electron chi connectivity index (χ1n) is 6.00. The number of carbonyl (C=O) groups excluding carboxylic acids is 1. The van der Waals surface area contributed by atoms with Crippen LogP contribution in [0.4, 0.5) is 4.39 Å². The van der Waals surface area contributed by atoms with Crippen LogP contribution in [-0.2, 0) is 16.2 Å². The van der Waals surface area contributed by atoms with E-state index >= 15 is 0 Å². The third kappa shape index (κ3) is 6.56. The number of benzene rings is 1. The van der Waals surface area contributed by atoms with E-state index in [9.17, 15) is 9.18 Å². The molecule has 0 spiro atoms. The number of nitrogens with one attached hydrogen (secondary N) is 1. The summed E-state index contributed by atoms with van der Waals surface area (Å²) in [6.07, 6.45) is 0. The second kappa shape index (κ2) is 8.90. The molecule has 19 heavy (non-hydrogen) atoms. The minimum Gasteiger partial charge on any atom is -0.396 e. The van der Waals surface area contributed by atoms with Crippen molar-refractivity contribution in [2.24, 2.45) is 5.92 Å². The van der Waals surface area contributed by atoms with Crippen LogP contribution in [0.2, 0.25) is 0 Å². The molecule has 0 aliphatic carbocycles. The first-order chi connectivity index (χ1) is 9.13. The van der Waals surface area contributed by atoms with Gasteiger partial charge in [0.05, 0.1) is 19.1 Å². The van der Waals surface area contributed by atoms with Crippen LogP contribution < -0.4 is 5.48 Å². The van der Waals surface area contributed by atoms with Gasteiger partial charge in [-0.1, -0.05) is 19.1 Å². The van der Waals surface area contributed by atoms with Crippen LogP contribution in [0.1, 0.15) is 12.5 Å². The molecule has 0 bridgehead atoms. The van der Waals surface area contributed by atoms with Crippen molar-refractivity contribution in [3.8, 4) is 0 Å². The Labute approximate surface area is 116 Å². The zero-order valence-corrected chi connectivity index (χ0v) is 11.6. The highest BCUT2D eigenvalue weighted by Gasteiger charge is 2.14. The van der Waals surface area contributed by atoms with E-state index in [0.717, 1.165) is 5.56 Å². The summed E-state index contributed by atoms with van der Waals surface area (Å²) in [5.74, 6) is 0.346. The van der Waals surface area contributed by atoms with E-state index in [0.29, 0.717) is 18.1 Å². The fourth-order valence-corrected chi connectivity index (χ4v) is 2.07. The van der Waals surface area contributed by atoms with Crippen LogP contribution in [0.15, 0.2) is 24.3 Å². The number of aliphatic hydroxyl groups is 1. The topological polar surface area (TPSA) is 58.6 Å². The second-order valence-electron chi connectivity index (χ2n) is 4.07. The molecule has 0 saturated carbocycles. The molecule has 2 N–H and O–H groups in total. The Morgan fingerprint density at radius 1 is 1.47 bits per heavy atom. The Morgan fingerprint density at radius 2 is 2.16 bits per heavy atom. The van der Waals surface area contributed by atoms with Crippen molar-refractivity contribution < 1.29 is 19.1 Å². The van der Waals surface area contributed by atoms with Crippen LogP contribution in [-0.4, -0.2) is 29.2 Å². The lowest BCUT2D eigenvalue weighted by atomic mass is 10.2. The van der Waals surface area contributed by atoms with Gasteiger partial charge in [-0.3, -0.25) is 4.79 Å². The molecule has 0 aromatic heterocycles. The van der Waals surface area contributed by atoms with Crippen molar-refractivity contribution in [1.29, 1.82) is 0 Å². The zero-order valence-electron chi connectivity index (χ0n) is 10.8. The standard InChI is InChI=1S/C13H18FNO3S/c1-10(9-19-7-6-16)13(17)18-15-8-11-2-4-12(14)5-3-11/h2-5,10,15-16H,6-9H2,1H3. The summed E-state index contributed by atoms with van der Waals surface area (Å²) in [7, 11) is 0. The highest BCUT2D eigenvalue weighted by Crippen LogP contribution is 2.09. The van der Waals surface area contributed by atoms with E-state index < -0.39 is 0 Å². The van der Waals surface area contributed by atoms with Gasteiger partial charge >= 0.3 is 5.97 Å². The van der Waals surface area contributed by atoms with Gasteiger partial charge in [0.1, 0.15) is 5.82 Å². The lowest BCUT2D eigenvalue weighted by molar-refractivity contribution is -0.155. The molecule has 1 aromatic carbocycles. The smallest absolute Gasteiger partial charge is 0.328 e. The Morgan fingerprint density at radius 3 is 2.79 bits per heavy atom. The van der Waals surface area contributed by atoms with Gasteiger partial charge in [0.25, 0.3) is 0 Å². The maximum absolute atomic E-state index is 12.7. The van der Waals surface area contributed by atoms with Crippen molar-refractivity contribution in [2.75, 3.05) is 18.1 Å². The number of halogens is 1. The molecule has 6 heteroatoms. The summed E-state index contributed by atoms with van der Waals surface area (Å²) >= 11 is 1.50. The van der Waals surface area contributed by atoms with Gasteiger partial charge in [0.2, 0.25) is 0 Å². The van der Waals surface area contributed by atoms with Crippen LogP contribution in [0, 0.1) is 11.7 Å². The molecular weight excluding hydrogens is 269 g/mol. The first kappa shape index (κ1) is 15.9. The van der Waals surface area contributed by atoms with Crippen LogP contribution in [0.3, 0.4) is 0 Å². The van der Waals surface area contributed by atoms with E-state index in [2.05, 4.69) is 5.48 Å². The third-order valence-corrected chi connectivity index (χ3v) is 3.58. The predicted molar refractivity (Wildman–Crippen MR) is 72.9 cm³/mol. The number of rotatable bonds is 8. The SMILES string of the molecule is CC(CSCCO)C(=O)ONCc1ccc(F)cc1. The summed E-state index contributed by atoms with van der Waals surface area (Å²) in [6.45, 7) is 2.21. The van der Waals surface area contributed by atoms with Gasteiger partial charge < -0.3 is 9.94 Å². The Bertz CT molecular complexity index is 386. The Hall–Kier alpha value is -1.11. The minimum atomic E-state index is -0.340. The Balaban J connectivity index is 2.21. The first-order valence-corrected chi connectivity index (χ1v) is 7.15. The molecule has 0 aliphatic rings. The molecule has 106 valence electrons. The highest BCUT2D eigenvalue weighted by molar-refractivity contribution is 7.99. The van der Waals surface area contributed by atoms with E-state index in [1.807, 2.05) is 0 Å². The predicted octanol–water partition coefficient (Wildman–Crippen LogP) is 1.74. The summed E-state index contributed by atoms with van der Waals surface area (Å²) in [6, 6.07) is 5.95. The van der Waals surface area contributed by atoms with Crippen molar-refractivity contribution in [3.05, 3.63) is 35.6 Å². The van der Waals surface area contributed by atoms with Crippen LogP contribution in [0.5, 0.6) is 0 Å². The van der Waals surface area contributed by atoms with E-state index in [4.69, 9.17) is 9.94 Å². The normalized spacial score (nSPS) is 12.2. The number of carbonyl (C=O) groups is 1. The molecule has 4 nitrogen and oxygen atoms in total. The zero-order chi connectivity index (χ0) is 14.1. The number of hydrogen-bond acceptors (Lipinski definition) is 5. The Kier molecular flexibility index (Phi) is 7.47. The molecule has 1 atom stereocenters. The minimum absolute atomic E-state index is 0.106. The monoisotopic (exact) mass is 287 g/mol. The second-order valence-corrected chi connectivity index (χ2v) is 5.22. The van der Waals surface area contributed by atoms with Gasteiger partial charge in [0.15, 0.2) is 0 Å². The largest absolute Gasteiger partial charge is 0.396 e. The van der Waals surface area contributed by atoms with E-state index in [1.54, 1.807) is 19.1 Å². The average Bonchev–Trinajstić information content (AvgIpc) is 2.41. The van der Waals surface area contributed by atoms with Crippen molar-refractivity contribution in [3.63, 3.8) is 0 Å². The average molecular weight is 287 g/mol. The molecule has 0 aliphatic heterocycles. The fourth-order valence-electron chi connectivity index (χ4n) is 1.29. The summed E-state index contributed by atoms with van der Waals surface area (Å²) in [5.41, 5.74) is 3.39. The van der Waals surface area contributed by atoms with Crippen molar-refractivity contribution >= 4 is 17.7 Å². The maximum atomic E-state index is 12.7. The molecular formula is C13H18FNO3S. The number of hydroxylamine groups is 1. The van der Waals surface area contributed by atoms with Gasteiger partial charge in [-0.25, -0.2) is 4.39 Å².